The van der Waals surface area contributed by atoms with E-state index in [9.17, 15) is 9.59 Å². The van der Waals surface area contributed by atoms with Gasteiger partial charge >= 0.3 is 0 Å². The summed E-state index contributed by atoms with van der Waals surface area (Å²) in [5, 5.41) is 5.35. The zero-order valence-electron chi connectivity index (χ0n) is 12.7. The Morgan fingerprint density at radius 3 is 2.87 bits per heavy atom. The molecule has 1 aromatic heterocycles. The van der Waals surface area contributed by atoms with Crippen molar-refractivity contribution in [1.29, 1.82) is 0 Å². The first-order chi connectivity index (χ1) is 11.1. The summed E-state index contributed by atoms with van der Waals surface area (Å²) >= 11 is 7.49. The largest absolute Gasteiger partial charge is 0.326 e. The number of halogens is 1. The highest BCUT2D eigenvalue weighted by molar-refractivity contribution is 7.12. The fourth-order valence-corrected chi connectivity index (χ4v) is 3.58. The van der Waals surface area contributed by atoms with E-state index in [1.165, 1.54) is 11.3 Å². The van der Waals surface area contributed by atoms with Crippen LogP contribution in [-0.4, -0.2) is 29.3 Å². The van der Waals surface area contributed by atoms with E-state index in [1.807, 2.05) is 30.5 Å². The molecule has 0 saturated carbocycles. The fourth-order valence-electron chi connectivity index (χ4n) is 2.72. The van der Waals surface area contributed by atoms with E-state index in [4.69, 9.17) is 11.6 Å². The van der Waals surface area contributed by atoms with Gasteiger partial charge in [0.05, 0.1) is 4.88 Å². The molecule has 120 valence electrons. The Morgan fingerprint density at radius 2 is 2.17 bits per heavy atom. The van der Waals surface area contributed by atoms with Gasteiger partial charge in [-0.15, -0.1) is 11.3 Å². The third kappa shape index (κ3) is 3.41. The molecule has 23 heavy (non-hydrogen) atoms. The van der Waals surface area contributed by atoms with Crippen LogP contribution in [0.15, 0.2) is 35.7 Å². The summed E-state index contributed by atoms with van der Waals surface area (Å²) in [7, 11) is 0. The molecular formula is C17H17ClN2O2S. The number of likely N-dealkylation sites (tertiary alicyclic amines) is 1. The van der Waals surface area contributed by atoms with Crippen LogP contribution in [0.1, 0.15) is 28.1 Å². The van der Waals surface area contributed by atoms with Gasteiger partial charge in [-0.1, -0.05) is 23.7 Å². The number of carbonyl (C=O) groups is 2. The molecule has 1 aliphatic rings. The van der Waals surface area contributed by atoms with Crippen LogP contribution in [0.2, 0.25) is 5.02 Å². The molecule has 3 rings (SSSR count). The van der Waals surface area contributed by atoms with Crippen molar-refractivity contribution in [2.45, 2.75) is 25.8 Å². The first kappa shape index (κ1) is 16.0. The van der Waals surface area contributed by atoms with Crippen molar-refractivity contribution >= 4 is 40.4 Å². The lowest BCUT2D eigenvalue weighted by Gasteiger charge is -2.23. The highest BCUT2D eigenvalue weighted by Gasteiger charge is 2.34. The van der Waals surface area contributed by atoms with Gasteiger partial charge in [-0.05, 0) is 48.9 Å². The van der Waals surface area contributed by atoms with Gasteiger partial charge in [0.1, 0.15) is 6.04 Å². The highest BCUT2D eigenvalue weighted by Crippen LogP contribution is 2.25. The second-order valence-electron chi connectivity index (χ2n) is 5.59. The summed E-state index contributed by atoms with van der Waals surface area (Å²) in [5.41, 5.74) is 1.61. The standard InChI is InChI=1S/C17H17ClN2O2S/c1-11-6-7-12(10-13(11)18)19-16(21)14-4-2-8-20(14)17(22)15-5-3-9-23-15/h3,5-7,9-10,14H,2,4,8H2,1H3,(H,19,21)/t14-/m1/s1. The molecule has 4 nitrogen and oxygen atoms in total. The molecule has 0 radical (unpaired) electrons. The minimum Gasteiger partial charge on any atom is -0.326 e. The number of rotatable bonds is 3. The Morgan fingerprint density at radius 1 is 1.35 bits per heavy atom. The van der Waals surface area contributed by atoms with Gasteiger partial charge in [-0.25, -0.2) is 0 Å². The Kier molecular flexibility index (Phi) is 4.68. The summed E-state index contributed by atoms with van der Waals surface area (Å²) in [6.45, 7) is 2.52. The van der Waals surface area contributed by atoms with Gasteiger partial charge in [0, 0.05) is 17.3 Å². The van der Waals surface area contributed by atoms with Crippen molar-refractivity contribution in [3.05, 3.63) is 51.2 Å². The van der Waals surface area contributed by atoms with E-state index in [0.717, 1.165) is 12.0 Å². The number of nitrogens with zero attached hydrogens (tertiary/aromatic N) is 1. The molecule has 1 atom stereocenters. The fraction of sp³-hybridized carbons (Fsp3) is 0.294. The Bertz CT molecular complexity index is 730. The third-order valence-electron chi connectivity index (χ3n) is 3.99. The number of hydrogen-bond donors (Lipinski definition) is 1. The first-order valence-corrected chi connectivity index (χ1v) is 8.73. The summed E-state index contributed by atoms with van der Waals surface area (Å²) in [5.74, 6) is -0.230. The zero-order chi connectivity index (χ0) is 16.4. The normalized spacial score (nSPS) is 17.3. The second kappa shape index (κ2) is 6.72. The minimum absolute atomic E-state index is 0.0698. The smallest absolute Gasteiger partial charge is 0.264 e. The first-order valence-electron chi connectivity index (χ1n) is 7.48. The Hall–Kier alpha value is -1.85. The average molecular weight is 349 g/mol. The molecule has 1 fully saturated rings. The Balaban J connectivity index is 1.73. The molecule has 0 bridgehead atoms. The van der Waals surface area contributed by atoms with Crippen LogP contribution in [0.25, 0.3) is 0 Å². The molecule has 0 spiro atoms. The Labute approximate surface area is 144 Å². The number of anilines is 1. The van der Waals surface area contributed by atoms with Crippen molar-refractivity contribution in [3.63, 3.8) is 0 Å². The maximum Gasteiger partial charge on any atom is 0.264 e. The predicted octanol–water partition coefficient (Wildman–Crippen LogP) is 3.95. The number of thiophene rings is 1. The topological polar surface area (TPSA) is 49.4 Å². The highest BCUT2D eigenvalue weighted by atomic mass is 35.5. The van der Waals surface area contributed by atoms with Gasteiger partial charge in [0.2, 0.25) is 5.91 Å². The van der Waals surface area contributed by atoms with E-state index in [2.05, 4.69) is 5.32 Å². The molecule has 1 saturated heterocycles. The molecule has 1 aromatic carbocycles. The lowest BCUT2D eigenvalue weighted by Crippen LogP contribution is -2.42. The quantitative estimate of drug-likeness (QED) is 0.912. The molecule has 0 unspecified atom stereocenters. The molecule has 1 N–H and O–H groups in total. The van der Waals surface area contributed by atoms with Gasteiger partial charge in [0.15, 0.2) is 0 Å². The maximum absolute atomic E-state index is 12.6. The van der Waals surface area contributed by atoms with Crippen LogP contribution in [0.4, 0.5) is 5.69 Å². The van der Waals surface area contributed by atoms with Crippen molar-refractivity contribution in [3.8, 4) is 0 Å². The van der Waals surface area contributed by atoms with Gasteiger partial charge in [0.25, 0.3) is 5.91 Å². The van der Waals surface area contributed by atoms with Gasteiger partial charge < -0.3 is 10.2 Å². The molecule has 2 heterocycles. The number of nitrogens with one attached hydrogen (secondary N) is 1. The SMILES string of the molecule is Cc1ccc(NC(=O)[C@H]2CCCN2C(=O)c2cccs2)cc1Cl. The predicted molar refractivity (Wildman–Crippen MR) is 93.2 cm³/mol. The number of aryl methyl sites for hydroxylation is 1. The summed E-state index contributed by atoms with van der Waals surface area (Å²) in [6, 6.07) is 8.62. The maximum atomic E-state index is 12.6. The van der Waals surface area contributed by atoms with Crippen molar-refractivity contribution in [2.24, 2.45) is 0 Å². The molecule has 6 heteroatoms. The third-order valence-corrected chi connectivity index (χ3v) is 5.25. The molecule has 2 amide bonds. The number of hydrogen-bond acceptors (Lipinski definition) is 3. The number of amides is 2. The monoisotopic (exact) mass is 348 g/mol. The van der Waals surface area contributed by atoms with E-state index < -0.39 is 6.04 Å². The van der Waals surface area contributed by atoms with Crippen molar-refractivity contribution in [2.75, 3.05) is 11.9 Å². The van der Waals surface area contributed by atoms with Crippen LogP contribution >= 0.6 is 22.9 Å². The van der Waals surface area contributed by atoms with Crippen LogP contribution in [0, 0.1) is 6.92 Å². The molecule has 0 aliphatic carbocycles. The van der Waals surface area contributed by atoms with Crippen molar-refractivity contribution < 1.29 is 9.59 Å². The lowest BCUT2D eigenvalue weighted by molar-refractivity contribution is -0.119. The van der Waals surface area contributed by atoms with E-state index in [0.29, 0.717) is 28.6 Å². The minimum atomic E-state index is -0.426. The zero-order valence-corrected chi connectivity index (χ0v) is 14.3. The lowest BCUT2D eigenvalue weighted by atomic mass is 10.2. The summed E-state index contributed by atoms with van der Waals surface area (Å²) in [6.07, 6.45) is 1.52. The van der Waals surface area contributed by atoms with Crippen LogP contribution in [0.3, 0.4) is 0 Å². The second-order valence-corrected chi connectivity index (χ2v) is 6.94. The average Bonchev–Trinajstić information content (AvgIpc) is 3.21. The molecule has 2 aromatic rings. The molecular weight excluding hydrogens is 332 g/mol. The van der Waals surface area contributed by atoms with Crippen LogP contribution in [-0.2, 0) is 4.79 Å². The van der Waals surface area contributed by atoms with Gasteiger partial charge in [-0.2, -0.15) is 0 Å². The summed E-state index contributed by atoms with van der Waals surface area (Å²) < 4.78 is 0. The van der Waals surface area contributed by atoms with E-state index >= 15 is 0 Å². The van der Waals surface area contributed by atoms with E-state index in [1.54, 1.807) is 17.0 Å². The number of benzene rings is 1. The van der Waals surface area contributed by atoms with E-state index in [-0.39, 0.29) is 11.8 Å². The van der Waals surface area contributed by atoms with Crippen LogP contribution in [0.5, 0.6) is 0 Å². The van der Waals surface area contributed by atoms with Gasteiger partial charge in [-0.3, -0.25) is 9.59 Å². The summed E-state index contributed by atoms with van der Waals surface area (Å²) in [4.78, 5) is 27.4. The van der Waals surface area contributed by atoms with Crippen molar-refractivity contribution in [1.82, 2.24) is 4.90 Å². The van der Waals surface area contributed by atoms with Crippen LogP contribution < -0.4 is 5.32 Å². The molecule has 1 aliphatic heterocycles. The number of carbonyl (C=O) groups excluding carboxylic acids is 2.